The van der Waals surface area contributed by atoms with Crippen LogP contribution in [0.2, 0.25) is 0 Å². The second-order valence-corrected chi connectivity index (χ2v) is 5.81. The first-order chi connectivity index (χ1) is 8.55. The summed E-state index contributed by atoms with van der Waals surface area (Å²) in [7, 11) is 6.42. The summed E-state index contributed by atoms with van der Waals surface area (Å²) < 4.78 is 1.95. The van der Waals surface area contributed by atoms with Crippen LogP contribution in [0.15, 0.2) is 12.3 Å². The van der Waals surface area contributed by atoms with Crippen LogP contribution in [0.3, 0.4) is 0 Å². The van der Waals surface area contributed by atoms with Crippen LogP contribution in [-0.4, -0.2) is 40.9 Å². The van der Waals surface area contributed by atoms with E-state index >= 15 is 0 Å². The quantitative estimate of drug-likeness (QED) is 0.867. The van der Waals surface area contributed by atoms with E-state index in [1.165, 1.54) is 31.4 Å². The number of rotatable bonds is 5. The molecule has 1 aromatic heterocycles. The van der Waals surface area contributed by atoms with Crippen molar-refractivity contribution in [1.82, 2.24) is 20.0 Å². The van der Waals surface area contributed by atoms with Crippen molar-refractivity contribution in [1.29, 1.82) is 0 Å². The standard InChI is InChI=1S/C14H26N4/c1-12(13-7-10-16-18(13)4)15-11-14(17(2)3)8-5-6-9-14/h7,10,12,15H,5-6,8-9,11H2,1-4H3. The molecule has 1 unspecified atom stereocenters. The Balaban J connectivity index is 1.96. The molecule has 0 spiro atoms. The van der Waals surface area contributed by atoms with Crippen LogP contribution in [-0.2, 0) is 7.05 Å². The molecular formula is C14H26N4. The number of aryl methyl sites for hydroxylation is 1. The largest absolute Gasteiger partial charge is 0.307 e. The van der Waals surface area contributed by atoms with Crippen LogP contribution in [0.1, 0.15) is 44.3 Å². The maximum absolute atomic E-state index is 4.24. The summed E-state index contributed by atoms with van der Waals surface area (Å²) in [6.07, 6.45) is 7.21. The lowest BCUT2D eigenvalue weighted by Crippen LogP contribution is -2.50. The van der Waals surface area contributed by atoms with Gasteiger partial charge in [0.1, 0.15) is 0 Å². The zero-order chi connectivity index (χ0) is 13.2. The fraction of sp³-hybridized carbons (Fsp3) is 0.786. The minimum absolute atomic E-state index is 0.354. The Morgan fingerprint density at radius 1 is 1.44 bits per heavy atom. The van der Waals surface area contributed by atoms with E-state index in [4.69, 9.17) is 0 Å². The second-order valence-electron chi connectivity index (χ2n) is 5.81. The van der Waals surface area contributed by atoms with E-state index < -0.39 is 0 Å². The lowest BCUT2D eigenvalue weighted by molar-refractivity contribution is 0.149. The van der Waals surface area contributed by atoms with Crippen LogP contribution in [0.5, 0.6) is 0 Å². The van der Waals surface area contributed by atoms with E-state index in [0.717, 1.165) is 6.54 Å². The van der Waals surface area contributed by atoms with Gasteiger partial charge in [-0.2, -0.15) is 5.10 Å². The fourth-order valence-electron chi connectivity index (χ4n) is 3.07. The van der Waals surface area contributed by atoms with E-state index in [9.17, 15) is 0 Å². The van der Waals surface area contributed by atoms with Crippen LogP contribution in [0.4, 0.5) is 0 Å². The Kier molecular flexibility index (Phi) is 4.07. The summed E-state index contributed by atoms with van der Waals surface area (Å²) in [5.74, 6) is 0. The molecule has 2 rings (SSSR count). The molecule has 0 radical (unpaired) electrons. The number of likely N-dealkylation sites (N-methyl/N-ethyl adjacent to an activating group) is 1. The summed E-state index contributed by atoms with van der Waals surface area (Å²) in [5, 5.41) is 7.92. The molecule has 1 aliphatic rings. The molecule has 0 saturated heterocycles. The predicted molar refractivity (Wildman–Crippen MR) is 74.5 cm³/mol. The number of hydrogen-bond acceptors (Lipinski definition) is 3. The molecule has 1 aliphatic carbocycles. The smallest absolute Gasteiger partial charge is 0.0547 e. The fourth-order valence-corrected chi connectivity index (χ4v) is 3.07. The minimum Gasteiger partial charge on any atom is -0.307 e. The molecule has 4 nitrogen and oxygen atoms in total. The van der Waals surface area contributed by atoms with Gasteiger partial charge < -0.3 is 10.2 Å². The van der Waals surface area contributed by atoms with E-state index in [-0.39, 0.29) is 0 Å². The Morgan fingerprint density at radius 2 is 2.11 bits per heavy atom. The first kappa shape index (κ1) is 13.6. The van der Waals surface area contributed by atoms with Gasteiger partial charge in [0.25, 0.3) is 0 Å². The van der Waals surface area contributed by atoms with Crippen molar-refractivity contribution >= 4 is 0 Å². The molecule has 102 valence electrons. The molecule has 0 aliphatic heterocycles. The average Bonchev–Trinajstić information content (AvgIpc) is 2.95. The lowest BCUT2D eigenvalue weighted by Gasteiger charge is -2.37. The predicted octanol–water partition coefficient (Wildman–Crippen LogP) is 1.95. The minimum atomic E-state index is 0.354. The molecule has 18 heavy (non-hydrogen) atoms. The highest BCUT2D eigenvalue weighted by Crippen LogP contribution is 2.33. The van der Waals surface area contributed by atoms with Gasteiger partial charge in [-0.1, -0.05) is 12.8 Å². The normalized spacial score (nSPS) is 20.5. The van der Waals surface area contributed by atoms with Gasteiger partial charge in [-0.15, -0.1) is 0 Å². The third-order valence-electron chi connectivity index (χ3n) is 4.52. The second kappa shape index (κ2) is 5.41. The molecule has 0 aromatic carbocycles. The molecule has 1 atom stereocenters. The molecule has 1 aromatic rings. The van der Waals surface area contributed by atoms with E-state index in [1.54, 1.807) is 0 Å². The highest BCUT2D eigenvalue weighted by molar-refractivity contribution is 5.06. The summed E-state index contributed by atoms with van der Waals surface area (Å²) in [6, 6.07) is 2.45. The Hall–Kier alpha value is -0.870. The maximum Gasteiger partial charge on any atom is 0.0547 e. The van der Waals surface area contributed by atoms with E-state index in [1.807, 2.05) is 17.9 Å². The highest BCUT2D eigenvalue weighted by atomic mass is 15.3. The van der Waals surface area contributed by atoms with Crippen molar-refractivity contribution in [3.8, 4) is 0 Å². The summed E-state index contributed by atoms with van der Waals surface area (Å²) >= 11 is 0. The monoisotopic (exact) mass is 250 g/mol. The van der Waals surface area contributed by atoms with Crippen molar-refractivity contribution in [3.05, 3.63) is 18.0 Å². The van der Waals surface area contributed by atoms with Gasteiger partial charge in [-0.25, -0.2) is 0 Å². The SMILES string of the molecule is CC(NCC1(N(C)C)CCCC1)c1ccnn1C. The topological polar surface area (TPSA) is 33.1 Å². The van der Waals surface area contributed by atoms with Crippen molar-refractivity contribution in [2.45, 2.75) is 44.2 Å². The Labute approximate surface area is 110 Å². The van der Waals surface area contributed by atoms with Crippen molar-refractivity contribution < 1.29 is 0 Å². The van der Waals surface area contributed by atoms with Crippen molar-refractivity contribution in [2.75, 3.05) is 20.6 Å². The van der Waals surface area contributed by atoms with Gasteiger partial charge in [0.2, 0.25) is 0 Å². The van der Waals surface area contributed by atoms with Crippen molar-refractivity contribution in [3.63, 3.8) is 0 Å². The molecule has 0 amide bonds. The summed E-state index contributed by atoms with van der Waals surface area (Å²) in [5.41, 5.74) is 1.61. The van der Waals surface area contributed by atoms with Crippen LogP contribution >= 0.6 is 0 Å². The molecular weight excluding hydrogens is 224 g/mol. The van der Waals surface area contributed by atoms with Gasteiger partial charge in [0.05, 0.1) is 5.69 Å². The third kappa shape index (κ3) is 2.59. The Morgan fingerprint density at radius 3 is 2.61 bits per heavy atom. The van der Waals surface area contributed by atoms with Gasteiger partial charge >= 0.3 is 0 Å². The molecule has 1 saturated carbocycles. The number of nitrogens with one attached hydrogen (secondary N) is 1. The summed E-state index contributed by atoms with van der Waals surface area (Å²) in [6.45, 7) is 3.28. The number of aromatic nitrogens is 2. The van der Waals surface area contributed by atoms with Crippen molar-refractivity contribution in [2.24, 2.45) is 7.05 Å². The van der Waals surface area contributed by atoms with Gasteiger partial charge in [0.15, 0.2) is 0 Å². The lowest BCUT2D eigenvalue weighted by atomic mass is 9.95. The number of nitrogens with zero attached hydrogens (tertiary/aromatic N) is 3. The van der Waals surface area contributed by atoms with Gasteiger partial charge in [0, 0.05) is 31.4 Å². The zero-order valence-electron chi connectivity index (χ0n) is 12.1. The highest BCUT2D eigenvalue weighted by Gasteiger charge is 2.35. The average molecular weight is 250 g/mol. The van der Waals surface area contributed by atoms with E-state index in [0.29, 0.717) is 11.6 Å². The molecule has 1 heterocycles. The first-order valence-corrected chi connectivity index (χ1v) is 6.94. The molecule has 4 heteroatoms. The maximum atomic E-state index is 4.24. The third-order valence-corrected chi connectivity index (χ3v) is 4.52. The first-order valence-electron chi connectivity index (χ1n) is 6.94. The van der Waals surface area contributed by atoms with Gasteiger partial charge in [-0.05, 0) is 39.9 Å². The molecule has 1 fully saturated rings. The Bertz CT molecular complexity index is 377. The van der Waals surface area contributed by atoms with E-state index in [2.05, 4.69) is 42.4 Å². The van der Waals surface area contributed by atoms with Crippen LogP contribution in [0, 0.1) is 0 Å². The molecule has 1 N–H and O–H groups in total. The van der Waals surface area contributed by atoms with Crippen LogP contribution in [0.25, 0.3) is 0 Å². The number of hydrogen-bond donors (Lipinski definition) is 1. The zero-order valence-corrected chi connectivity index (χ0v) is 12.1. The molecule has 0 bridgehead atoms. The van der Waals surface area contributed by atoms with Crippen LogP contribution < -0.4 is 5.32 Å². The summed E-state index contributed by atoms with van der Waals surface area (Å²) in [4.78, 5) is 2.41. The van der Waals surface area contributed by atoms with Gasteiger partial charge in [-0.3, -0.25) is 4.68 Å².